The number of fused-ring (bicyclic) bond motifs is 2. The largest absolute Gasteiger partial charge is 0.397 e. The van der Waals surface area contributed by atoms with Crippen LogP contribution in [0.1, 0.15) is 78.1 Å². The Morgan fingerprint density at radius 2 is 1.88 bits per heavy atom. The van der Waals surface area contributed by atoms with Gasteiger partial charge in [0, 0.05) is 46.2 Å². The van der Waals surface area contributed by atoms with E-state index in [1.165, 1.54) is 23.5 Å². The number of ketones is 1. The van der Waals surface area contributed by atoms with Gasteiger partial charge in [-0.3, -0.25) is 19.8 Å². The smallest absolute Gasteiger partial charge is 0.269 e. The lowest BCUT2D eigenvalue weighted by Crippen LogP contribution is -2.39. The number of nitro benzene ring substituents is 1. The summed E-state index contributed by atoms with van der Waals surface area (Å²) in [5.41, 5.74) is 16.1. The van der Waals surface area contributed by atoms with Crippen LogP contribution in [-0.4, -0.2) is 15.7 Å². The van der Waals surface area contributed by atoms with Crippen LogP contribution in [0.3, 0.4) is 0 Å². The van der Waals surface area contributed by atoms with Crippen LogP contribution >= 0.6 is 11.3 Å². The number of nitrogens with two attached hydrogens (primary N) is 2. The number of aryl methyl sites for hydroxylation is 1. The first kappa shape index (κ1) is 26.5. The minimum atomic E-state index is -0.805. The number of nitro groups is 1. The molecule has 4 N–H and O–H groups in total. The zero-order valence-corrected chi connectivity index (χ0v) is 23.5. The summed E-state index contributed by atoms with van der Waals surface area (Å²) in [5.74, 6) is -0.635. The molecule has 0 saturated carbocycles. The van der Waals surface area contributed by atoms with Crippen molar-refractivity contribution in [1.29, 1.82) is 10.5 Å². The molecular formula is C30H27N7O3S. The number of nitrogens with zero attached hydrogens (tertiary/aromatic N) is 5. The number of anilines is 4. The second-order valence-electron chi connectivity index (χ2n) is 11.6. The predicted molar refractivity (Wildman–Crippen MR) is 156 cm³/mol. The maximum Gasteiger partial charge on any atom is 0.269 e. The second-order valence-corrected chi connectivity index (χ2v) is 12.6. The van der Waals surface area contributed by atoms with Crippen molar-refractivity contribution in [2.24, 2.45) is 5.41 Å². The van der Waals surface area contributed by atoms with Gasteiger partial charge in [0.2, 0.25) is 0 Å². The van der Waals surface area contributed by atoms with E-state index in [0.29, 0.717) is 45.2 Å². The minimum absolute atomic E-state index is 0.0160. The average Bonchev–Trinajstić information content (AvgIpc) is 3.29. The summed E-state index contributed by atoms with van der Waals surface area (Å²) in [7, 11) is 0. The molecule has 1 unspecified atom stereocenters. The molecule has 0 radical (unpaired) electrons. The Morgan fingerprint density at radius 3 is 2.59 bits per heavy atom. The maximum absolute atomic E-state index is 14.1. The third-order valence-corrected chi connectivity index (χ3v) is 9.51. The lowest BCUT2D eigenvalue weighted by Gasteiger charge is -2.44. The quantitative estimate of drug-likeness (QED) is 0.295. The van der Waals surface area contributed by atoms with Crippen molar-refractivity contribution in [3.63, 3.8) is 0 Å². The van der Waals surface area contributed by atoms with E-state index in [-0.39, 0.29) is 35.0 Å². The number of carbonyl (C=O) groups excluding carboxylic acids is 1. The summed E-state index contributed by atoms with van der Waals surface area (Å²) in [6.45, 7) is 4.04. The molecule has 0 bridgehead atoms. The molecule has 11 heteroatoms. The van der Waals surface area contributed by atoms with E-state index >= 15 is 0 Å². The number of pyridine rings is 1. The molecule has 1 atom stereocenters. The predicted octanol–water partition coefficient (Wildman–Crippen LogP) is 5.76. The monoisotopic (exact) mass is 565 g/mol. The number of thiophene rings is 1. The number of allylic oxidation sites excluding steroid dienone is 2. The highest BCUT2D eigenvalue weighted by Gasteiger charge is 2.47. The molecule has 2 aliphatic carbocycles. The normalized spacial score (nSPS) is 19.1. The molecular weight excluding hydrogens is 538 g/mol. The number of carbonyl (C=O) groups is 1. The number of rotatable bonds is 3. The standard InChI is InChI=1S/C30H27N7O3S/c1-30(2)11-20-24(21(38)12-30)23(15-6-5-7-16(10-15)37(39)40)25-26(33)19(14-32)27(34)35-28(25)36(20)29-18(13-31)17-8-3-4-9-22(17)41-29/h5-7,10,23H,3-4,8-9,11-12H2,1-2H3,(H4,33,34,35). The summed E-state index contributed by atoms with van der Waals surface area (Å²) < 4.78 is 0. The highest BCUT2D eigenvalue weighted by molar-refractivity contribution is 7.16. The fourth-order valence-corrected chi connectivity index (χ4v) is 7.86. The molecule has 6 rings (SSSR count). The lowest BCUT2D eigenvalue weighted by atomic mass is 9.68. The van der Waals surface area contributed by atoms with Gasteiger partial charge in [0.05, 0.1) is 16.2 Å². The lowest BCUT2D eigenvalue weighted by molar-refractivity contribution is -0.384. The Morgan fingerprint density at radius 1 is 1.15 bits per heavy atom. The summed E-state index contributed by atoms with van der Waals surface area (Å²) in [6, 6.07) is 10.6. The van der Waals surface area contributed by atoms with Crippen LogP contribution in [0, 0.1) is 38.2 Å². The van der Waals surface area contributed by atoms with Crippen LogP contribution in [0.15, 0.2) is 35.5 Å². The van der Waals surface area contributed by atoms with E-state index in [2.05, 4.69) is 6.07 Å². The van der Waals surface area contributed by atoms with E-state index < -0.39 is 16.3 Å². The van der Waals surface area contributed by atoms with Crippen LogP contribution < -0.4 is 16.4 Å². The first-order valence-electron chi connectivity index (χ1n) is 13.4. The summed E-state index contributed by atoms with van der Waals surface area (Å²) in [4.78, 5) is 33.0. The zero-order valence-electron chi connectivity index (χ0n) is 22.7. The van der Waals surface area contributed by atoms with Crippen molar-refractivity contribution in [3.05, 3.63) is 78.3 Å². The third kappa shape index (κ3) is 4.04. The van der Waals surface area contributed by atoms with E-state index in [1.54, 1.807) is 12.1 Å². The zero-order chi connectivity index (χ0) is 29.2. The highest BCUT2D eigenvalue weighted by Crippen LogP contribution is 2.57. The Hall–Kier alpha value is -4.74. The first-order chi connectivity index (χ1) is 19.6. The number of nitrogen functional groups attached to an aromatic ring is 2. The van der Waals surface area contributed by atoms with Gasteiger partial charge in [-0.2, -0.15) is 10.5 Å². The number of hydrogen-bond donors (Lipinski definition) is 2. The number of hydrogen-bond acceptors (Lipinski definition) is 10. The molecule has 0 amide bonds. The maximum atomic E-state index is 14.1. The molecule has 0 spiro atoms. The van der Waals surface area contributed by atoms with Gasteiger partial charge in [-0.1, -0.05) is 26.0 Å². The Balaban J connectivity index is 1.74. The summed E-state index contributed by atoms with van der Waals surface area (Å²) >= 11 is 1.52. The third-order valence-electron chi connectivity index (χ3n) is 8.23. The first-order valence-corrected chi connectivity index (χ1v) is 14.2. The fraction of sp³-hybridized carbons (Fsp3) is 0.333. The van der Waals surface area contributed by atoms with Gasteiger partial charge >= 0.3 is 0 Å². The van der Waals surface area contributed by atoms with E-state index in [4.69, 9.17) is 16.5 Å². The molecule has 41 heavy (non-hydrogen) atoms. The number of nitriles is 2. The van der Waals surface area contributed by atoms with Gasteiger partial charge in [-0.25, -0.2) is 4.98 Å². The minimum Gasteiger partial charge on any atom is -0.397 e. The fourth-order valence-electron chi connectivity index (χ4n) is 6.49. The molecule has 10 nitrogen and oxygen atoms in total. The van der Waals surface area contributed by atoms with Crippen molar-refractivity contribution in [2.45, 2.75) is 58.3 Å². The summed E-state index contributed by atoms with van der Waals surface area (Å²) in [5, 5.41) is 32.7. The van der Waals surface area contributed by atoms with Gasteiger partial charge in [-0.15, -0.1) is 11.3 Å². The Labute approximate surface area is 240 Å². The van der Waals surface area contributed by atoms with Crippen molar-refractivity contribution in [2.75, 3.05) is 16.4 Å². The molecule has 206 valence electrons. The van der Waals surface area contributed by atoms with E-state index in [0.717, 1.165) is 36.1 Å². The van der Waals surface area contributed by atoms with Gasteiger partial charge < -0.3 is 11.5 Å². The van der Waals surface area contributed by atoms with Crippen LogP contribution in [0.4, 0.5) is 28.0 Å². The number of aromatic nitrogens is 1. The van der Waals surface area contributed by atoms with Crippen molar-refractivity contribution in [3.8, 4) is 12.1 Å². The average molecular weight is 566 g/mol. The molecule has 3 heterocycles. The second kappa shape index (κ2) is 9.43. The number of benzene rings is 1. The summed E-state index contributed by atoms with van der Waals surface area (Å²) in [6.07, 6.45) is 4.45. The van der Waals surface area contributed by atoms with Crippen LogP contribution in [0.2, 0.25) is 0 Å². The van der Waals surface area contributed by atoms with Crippen molar-refractivity contribution >= 4 is 45.1 Å². The van der Waals surface area contributed by atoms with Crippen molar-refractivity contribution < 1.29 is 9.72 Å². The van der Waals surface area contributed by atoms with Gasteiger partial charge in [0.1, 0.15) is 34.3 Å². The van der Waals surface area contributed by atoms with Crippen LogP contribution in [-0.2, 0) is 17.6 Å². The van der Waals surface area contributed by atoms with Crippen LogP contribution in [0.5, 0.6) is 0 Å². The Bertz CT molecular complexity index is 1790. The van der Waals surface area contributed by atoms with Crippen LogP contribution in [0.25, 0.3) is 0 Å². The number of non-ortho nitro benzene ring substituents is 1. The highest BCUT2D eigenvalue weighted by atomic mass is 32.1. The molecule has 0 saturated heterocycles. The Kier molecular flexibility index (Phi) is 6.09. The SMILES string of the molecule is CC1(C)CC(=O)C2=C(C1)N(c1sc3c(c1C#N)CCCC3)c1nc(N)c(C#N)c(N)c1C2c1cccc([N+](=O)[O-])c1. The molecule has 2 aromatic heterocycles. The van der Waals surface area contributed by atoms with E-state index in [1.807, 2.05) is 24.8 Å². The van der Waals surface area contributed by atoms with Gasteiger partial charge in [0.15, 0.2) is 5.78 Å². The molecule has 3 aromatic rings. The molecule has 3 aliphatic rings. The number of Topliss-reactive ketones (excluding diaryl/α,β-unsaturated/α-hetero) is 1. The van der Waals surface area contributed by atoms with Gasteiger partial charge in [-0.05, 0) is 48.6 Å². The topological polar surface area (TPSA) is 176 Å². The van der Waals surface area contributed by atoms with E-state index in [9.17, 15) is 25.4 Å². The van der Waals surface area contributed by atoms with Crippen molar-refractivity contribution in [1.82, 2.24) is 4.98 Å². The molecule has 0 fully saturated rings. The molecule has 1 aromatic carbocycles. The molecule has 1 aliphatic heterocycles. The van der Waals surface area contributed by atoms with Gasteiger partial charge in [0.25, 0.3) is 5.69 Å².